The molecule has 26 heavy (non-hydrogen) atoms. The summed E-state index contributed by atoms with van der Waals surface area (Å²) in [5.74, 6) is 0.400. The summed E-state index contributed by atoms with van der Waals surface area (Å²) in [5.41, 5.74) is 1.03. The maximum absolute atomic E-state index is 13.8. The van der Waals surface area contributed by atoms with Gasteiger partial charge in [-0.3, -0.25) is 4.79 Å². The van der Waals surface area contributed by atoms with Gasteiger partial charge in [0, 0.05) is 30.8 Å². The van der Waals surface area contributed by atoms with Crippen LogP contribution in [0.25, 0.3) is 0 Å². The summed E-state index contributed by atoms with van der Waals surface area (Å²) in [6, 6.07) is 11.8. The van der Waals surface area contributed by atoms with E-state index in [0.29, 0.717) is 11.1 Å². The van der Waals surface area contributed by atoms with Crippen molar-refractivity contribution >= 4 is 11.7 Å². The van der Waals surface area contributed by atoms with E-state index < -0.39 is 0 Å². The number of nitrogens with zero attached hydrogens (tertiary/aromatic N) is 3. The van der Waals surface area contributed by atoms with Crippen molar-refractivity contribution in [3.8, 4) is 6.07 Å². The molecule has 1 atom stereocenters. The lowest BCUT2D eigenvalue weighted by atomic mass is 9.95. The summed E-state index contributed by atoms with van der Waals surface area (Å²) in [6.45, 7) is 3.25. The highest BCUT2D eigenvalue weighted by Crippen LogP contribution is 2.23. The van der Waals surface area contributed by atoms with E-state index in [2.05, 4.69) is 21.3 Å². The third-order valence-electron chi connectivity index (χ3n) is 4.80. The number of aromatic nitrogens is 1. The van der Waals surface area contributed by atoms with E-state index in [1.807, 2.05) is 6.07 Å². The first kappa shape index (κ1) is 17.9. The summed E-state index contributed by atoms with van der Waals surface area (Å²) in [6.07, 6.45) is 3.00. The molecular formula is C20H21FN4O. The number of carbonyl (C=O) groups excluding carboxylic acids is 1. The number of nitriles is 1. The second kappa shape index (κ2) is 7.96. The fourth-order valence-corrected chi connectivity index (χ4v) is 3.25. The number of amides is 1. The van der Waals surface area contributed by atoms with Crippen LogP contribution >= 0.6 is 0 Å². The number of anilines is 1. The van der Waals surface area contributed by atoms with E-state index in [-0.39, 0.29) is 23.7 Å². The van der Waals surface area contributed by atoms with Gasteiger partial charge in [-0.25, -0.2) is 9.37 Å². The zero-order chi connectivity index (χ0) is 18.5. The van der Waals surface area contributed by atoms with Crippen LogP contribution in [0.1, 0.15) is 36.9 Å². The van der Waals surface area contributed by atoms with Crippen LogP contribution in [-0.2, 0) is 4.79 Å². The lowest BCUT2D eigenvalue weighted by Crippen LogP contribution is -2.41. The zero-order valence-corrected chi connectivity index (χ0v) is 14.7. The van der Waals surface area contributed by atoms with Crippen LogP contribution in [0.4, 0.5) is 10.2 Å². The number of pyridine rings is 1. The smallest absolute Gasteiger partial charge is 0.223 e. The molecule has 2 heterocycles. The molecule has 1 aliphatic heterocycles. The molecule has 1 N–H and O–H groups in total. The first-order chi connectivity index (χ1) is 12.6. The van der Waals surface area contributed by atoms with Crippen LogP contribution in [0.3, 0.4) is 0 Å². The van der Waals surface area contributed by atoms with Crippen molar-refractivity contribution in [1.29, 1.82) is 5.26 Å². The van der Waals surface area contributed by atoms with Gasteiger partial charge in [-0.15, -0.1) is 0 Å². The Balaban J connectivity index is 1.55. The lowest BCUT2D eigenvalue weighted by molar-refractivity contribution is -0.126. The number of hydrogen-bond acceptors (Lipinski definition) is 4. The molecule has 134 valence electrons. The van der Waals surface area contributed by atoms with Crippen molar-refractivity contribution in [2.45, 2.75) is 25.8 Å². The standard InChI is InChI=1S/C20H21FN4O/c1-14(17-4-2-3-5-18(17)21)24-20(26)16-8-10-25(11-9-16)19-7-6-15(12-22)13-23-19/h2-7,13-14,16H,8-11H2,1H3,(H,24,26). The van der Waals surface area contributed by atoms with E-state index in [4.69, 9.17) is 5.26 Å². The first-order valence-electron chi connectivity index (χ1n) is 8.74. The molecule has 1 fully saturated rings. The number of benzene rings is 1. The molecule has 1 saturated heterocycles. The summed E-state index contributed by atoms with van der Waals surface area (Å²) >= 11 is 0. The average molecular weight is 352 g/mol. The maximum atomic E-state index is 13.8. The lowest BCUT2D eigenvalue weighted by Gasteiger charge is -2.32. The first-order valence-corrected chi connectivity index (χ1v) is 8.74. The van der Waals surface area contributed by atoms with Crippen LogP contribution in [0.15, 0.2) is 42.6 Å². The summed E-state index contributed by atoms with van der Waals surface area (Å²) in [7, 11) is 0. The predicted octanol–water partition coefficient (Wildman–Crippen LogP) is 3.19. The Labute approximate surface area is 152 Å². The van der Waals surface area contributed by atoms with Crippen molar-refractivity contribution in [2.75, 3.05) is 18.0 Å². The molecule has 1 amide bonds. The Morgan fingerprint density at radius 1 is 1.31 bits per heavy atom. The molecule has 1 aliphatic rings. The van der Waals surface area contributed by atoms with Gasteiger partial charge in [0.15, 0.2) is 0 Å². The van der Waals surface area contributed by atoms with Gasteiger partial charge in [-0.2, -0.15) is 5.26 Å². The third-order valence-corrected chi connectivity index (χ3v) is 4.80. The molecule has 3 rings (SSSR count). The largest absolute Gasteiger partial charge is 0.357 e. The fraction of sp³-hybridized carbons (Fsp3) is 0.350. The summed E-state index contributed by atoms with van der Waals surface area (Å²) in [4.78, 5) is 18.9. The minimum atomic E-state index is -0.359. The number of hydrogen-bond donors (Lipinski definition) is 1. The quantitative estimate of drug-likeness (QED) is 0.917. The van der Waals surface area contributed by atoms with Gasteiger partial charge in [0.1, 0.15) is 17.7 Å². The minimum Gasteiger partial charge on any atom is -0.357 e. The molecule has 1 unspecified atom stereocenters. The van der Waals surface area contributed by atoms with Gasteiger partial charge in [0.05, 0.1) is 11.6 Å². The number of halogens is 1. The maximum Gasteiger partial charge on any atom is 0.223 e. The highest BCUT2D eigenvalue weighted by atomic mass is 19.1. The Hall–Kier alpha value is -2.94. The van der Waals surface area contributed by atoms with Crippen molar-refractivity contribution in [3.63, 3.8) is 0 Å². The summed E-state index contributed by atoms with van der Waals surface area (Å²) in [5, 5.41) is 11.8. The monoisotopic (exact) mass is 352 g/mol. The average Bonchev–Trinajstić information content (AvgIpc) is 2.68. The summed E-state index contributed by atoms with van der Waals surface area (Å²) < 4.78 is 13.8. The van der Waals surface area contributed by atoms with E-state index in [9.17, 15) is 9.18 Å². The zero-order valence-electron chi connectivity index (χ0n) is 14.7. The number of rotatable bonds is 4. The van der Waals surface area contributed by atoms with Crippen LogP contribution in [-0.4, -0.2) is 24.0 Å². The molecule has 0 spiro atoms. The highest BCUT2D eigenvalue weighted by Gasteiger charge is 2.27. The van der Waals surface area contributed by atoms with E-state index >= 15 is 0 Å². The predicted molar refractivity (Wildman–Crippen MR) is 96.8 cm³/mol. The molecule has 2 aromatic rings. The van der Waals surface area contributed by atoms with Crippen molar-refractivity contribution in [2.24, 2.45) is 5.92 Å². The van der Waals surface area contributed by atoms with E-state index in [1.165, 1.54) is 6.07 Å². The Morgan fingerprint density at radius 2 is 2.04 bits per heavy atom. The van der Waals surface area contributed by atoms with Crippen molar-refractivity contribution in [3.05, 3.63) is 59.5 Å². The minimum absolute atomic E-state index is 0.0341. The van der Waals surface area contributed by atoms with Crippen molar-refractivity contribution < 1.29 is 9.18 Å². The topological polar surface area (TPSA) is 69.0 Å². The van der Waals surface area contributed by atoms with Crippen molar-refractivity contribution in [1.82, 2.24) is 10.3 Å². The highest BCUT2D eigenvalue weighted by molar-refractivity contribution is 5.79. The van der Waals surface area contributed by atoms with Gasteiger partial charge >= 0.3 is 0 Å². The molecule has 0 aliphatic carbocycles. The van der Waals surface area contributed by atoms with Gasteiger partial charge in [-0.05, 0) is 38.0 Å². The van der Waals surface area contributed by atoms with Gasteiger partial charge in [0.2, 0.25) is 5.91 Å². The second-order valence-electron chi connectivity index (χ2n) is 6.53. The molecular weight excluding hydrogens is 331 g/mol. The molecule has 5 nitrogen and oxygen atoms in total. The molecule has 0 radical (unpaired) electrons. The molecule has 0 saturated carbocycles. The SMILES string of the molecule is CC(NC(=O)C1CCN(c2ccc(C#N)cn2)CC1)c1ccccc1F. The van der Waals surface area contributed by atoms with Gasteiger partial charge in [-0.1, -0.05) is 18.2 Å². The van der Waals surface area contributed by atoms with E-state index in [1.54, 1.807) is 37.4 Å². The Bertz CT molecular complexity index is 807. The third kappa shape index (κ3) is 3.99. The van der Waals surface area contributed by atoms with Crippen LogP contribution in [0.5, 0.6) is 0 Å². The van der Waals surface area contributed by atoms with Gasteiger partial charge in [0.25, 0.3) is 0 Å². The van der Waals surface area contributed by atoms with Crippen LogP contribution in [0, 0.1) is 23.1 Å². The number of piperidine rings is 1. The Morgan fingerprint density at radius 3 is 2.65 bits per heavy atom. The normalized spacial score (nSPS) is 16.0. The van der Waals surface area contributed by atoms with Crippen LogP contribution in [0.2, 0.25) is 0 Å². The fourth-order valence-electron chi connectivity index (χ4n) is 3.25. The molecule has 1 aromatic carbocycles. The van der Waals surface area contributed by atoms with Gasteiger partial charge < -0.3 is 10.2 Å². The number of carbonyl (C=O) groups is 1. The molecule has 6 heteroatoms. The van der Waals surface area contributed by atoms with Crippen LogP contribution < -0.4 is 10.2 Å². The molecule has 1 aromatic heterocycles. The second-order valence-corrected chi connectivity index (χ2v) is 6.53. The number of nitrogens with one attached hydrogen (secondary N) is 1. The molecule has 0 bridgehead atoms. The Kier molecular flexibility index (Phi) is 5.47. The van der Waals surface area contributed by atoms with E-state index in [0.717, 1.165) is 31.7 Å².